The topological polar surface area (TPSA) is 53.1 Å². The summed E-state index contributed by atoms with van der Waals surface area (Å²) in [5, 5.41) is 8.44. The number of rotatable bonds is 6. The molecule has 2 aromatic carbocycles. The average molecular weight is 515 g/mol. The molecule has 1 fully saturated rings. The van der Waals surface area contributed by atoms with Gasteiger partial charge in [0, 0.05) is 41.7 Å². The van der Waals surface area contributed by atoms with Crippen LogP contribution in [0.4, 0.5) is 11.8 Å². The SMILES string of the molecule is Cc1ccc(CNC2CCC(Nc3nc(N(C)C)c4ccccc4n3)CC2)cc1I. The number of nitrogens with zero attached hydrogens (tertiary/aromatic N) is 3. The lowest BCUT2D eigenvalue weighted by molar-refractivity contribution is 0.352. The summed E-state index contributed by atoms with van der Waals surface area (Å²) in [5.74, 6) is 1.70. The molecule has 0 saturated heterocycles. The Labute approximate surface area is 192 Å². The average Bonchev–Trinajstić information content (AvgIpc) is 2.75. The molecule has 4 rings (SSSR count). The van der Waals surface area contributed by atoms with E-state index in [-0.39, 0.29) is 0 Å². The maximum absolute atomic E-state index is 4.79. The second-order valence-electron chi connectivity index (χ2n) is 8.44. The van der Waals surface area contributed by atoms with Gasteiger partial charge < -0.3 is 15.5 Å². The van der Waals surface area contributed by atoms with Crippen molar-refractivity contribution in [3.63, 3.8) is 0 Å². The molecule has 3 aromatic rings. The second-order valence-corrected chi connectivity index (χ2v) is 9.60. The van der Waals surface area contributed by atoms with Crippen LogP contribution < -0.4 is 15.5 Å². The third-order valence-corrected chi connectivity index (χ3v) is 7.06. The maximum Gasteiger partial charge on any atom is 0.225 e. The third kappa shape index (κ3) is 5.03. The Morgan fingerprint density at radius 1 is 1.00 bits per heavy atom. The van der Waals surface area contributed by atoms with E-state index in [2.05, 4.69) is 75.4 Å². The van der Waals surface area contributed by atoms with E-state index in [4.69, 9.17) is 9.97 Å². The van der Waals surface area contributed by atoms with Crippen LogP contribution in [-0.4, -0.2) is 36.1 Å². The molecular formula is C24H30IN5. The van der Waals surface area contributed by atoms with Gasteiger partial charge in [0.2, 0.25) is 5.95 Å². The van der Waals surface area contributed by atoms with Crippen molar-refractivity contribution in [2.45, 2.75) is 51.2 Å². The zero-order valence-electron chi connectivity index (χ0n) is 18.0. The predicted molar refractivity (Wildman–Crippen MR) is 134 cm³/mol. The van der Waals surface area contributed by atoms with E-state index in [1.165, 1.54) is 27.5 Å². The van der Waals surface area contributed by atoms with Crippen molar-refractivity contribution in [1.29, 1.82) is 0 Å². The number of anilines is 2. The number of benzene rings is 2. The lowest BCUT2D eigenvalue weighted by atomic mass is 9.91. The Hall–Kier alpha value is -1.93. The normalized spacial score (nSPS) is 19.1. The van der Waals surface area contributed by atoms with E-state index in [0.717, 1.165) is 42.1 Å². The quantitative estimate of drug-likeness (QED) is 0.447. The van der Waals surface area contributed by atoms with Gasteiger partial charge in [0.25, 0.3) is 0 Å². The molecule has 0 unspecified atom stereocenters. The number of nitrogens with one attached hydrogen (secondary N) is 2. The van der Waals surface area contributed by atoms with Gasteiger partial charge in [-0.25, -0.2) is 4.98 Å². The molecule has 158 valence electrons. The molecule has 1 aromatic heterocycles. The highest BCUT2D eigenvalue weighted by atomic mass is 127. The Kier molecular flexibility index (Phi) is 6.73. The fraction of sp³-hybridized carbons (Fsp3) is 0.417. The minimum absolute atomic E-state index is 0.430. The molecule has 0 atom stereocenters. The molecule has 2 N–H and O–H groups in total. The summed E-state index contributed by atoms with van der Waals surface area (Å²) in [6.45, 7) is 3.10. The van der Waals surface area contributed by atoms with E-state index < -0.39 is 0 Å². The van der Waals surface area contributed by atoms with Crippen molar-refractivity contribution in [1.82, 2.24) is 15.3 Å². The molecule has 1 aliphatic rings. The van der Waals surface area contributed by atoms with Crippen molar-refractivity contribution in [2.75, 3.05) is 24.3 Å². The van der Waals surface area contributed by atoms with Gasteiger partial charge in [0.05, 0.1) is 5.52 Å². The lowest BCUT2D eigenvalue weighted by Crippen LogP contribution is -2.37. The summed E-state index contributed by atoms with van der Waals surface area (Å²) in [4.78, 5) is 11.6. The first-order chi connectivity index (χ1) is 14.5. The smallest absolute Gasteiger partial charge is 0.225 e. The van der Waals surface area contributed by atoms with Crippen LogP contribution in [0.5, 0.6) is 0 Å². The molecular weight excluding hydrogens is 485 g/mol. The van der Waals surface area contributed by atoms with Gasteiger partial charge in [-0.2, -0.15) is 4.98 Å². The summed E-state index contributed by atoms with van der Waals surface area (Å²) in [6, 6.07) is 16.0. The van der Waals surface area contributed by atoms with E-state index in [9.17, 15) is 0 Å². The van der Waals surface area contributed by atoms with Gasteiger partial charge in [-0.1, -0.05) is 24.3 Å². The van der Waals surface area contributed by atoms with Crippen LogP contribution in [0, 0.1) is 10.5 Å². The molecule has 0 aliphatic heterocycles. The maximum atomic E-state index is 4.79. The highest BCUT2D eigenvalue weighted by molar-refractivity contribution is 14.1. The Morgan fingerprint density at radius 3 is 2.47 bits per heavy atom. The minimum atomic E-state index is 0.430. The Balaban J connectivity index is 1.34. The highest BCUT2D eigenvalue weighted by Crippen LogP contribution is 2.26. The third-order valence-electron chi connectivity index (χ3n) is 5.90. The zero-order valence-corrected chi connectivity index (χ0v) is 20.1. The van der Waals surface area contributed by atoms with Crippen molar-refractivity contribution in [3.05, 3.63) is 57.2 Å². The van der Waals surface area contributed by atoms with Crippen molar-refractivity contribution in [2.24, 2.45) is 0 Å². The second kappa shape index (κ2) is 9.47. The molecule has 1 saturated carbocycles. The number of para-hydroxylation sites is 1. The van der Waals surface area contributed by atoms with Gasteiger partial charge >= 0.3 is 0 Å². The minimum Gasteiger partial charge on any atom is -0.362 e. The first kappa shape index (κ1) is 21.3. The summed E-state index contributed by atoms with van der Waals surface area (Å²) in [7, 11) is 4.06. The number of halogens is 1. The number of aromatic nitrogens is 2. The van der Waals surface area contributed by atoms with Crippen LogP contribution in [-0.2, 0) is 6.54 Å². The van der Waals surface area contributed by atoms with E-state index in [0.29, 0.717) is 12.1 Å². The van der Waals surface area contributed by atoms with E-state index >= 15 is 0 Å². The van der Waals surface area contributed by atoms with Crippen LogP contribution >= 0.6 is 22.6 Å². The lowest BCUT2D eigenvalue weighted by Gasteiger charge is -2.30. The molecule has 0 spiro atoms. The first-order valence-corrected chi connectivity index (χ1v) is 11.8. The molecule has 30 heavy (non-hydrogen) atoms. The van der Waals surface area contributed by atoms with E-state index in [1.807, 2.05) is 26.2 Å². The first-order valence-electron chi connectivity index (χ1n) is 10.7. The standard InChI is InChI=1S/C24H30IN5/c1-16-8-9-17(14-21(16)25)15-26-18-10-12-19(13-11-18)27-24-28-22-7-5-4-6-20(22)23(29-24)30(2)3/h4-9,14,18-19,26H,10-13,15H2,1-3H3,(H,27,28,29). The number of aryl methyl sites for hydroxylation is 1. The van der Waals surface area contributed by atoms with Crippen molar-refractivity contribution >= 4 is 45.3 Å². The highest BCUT2D eigenvalue weighted by Gasteiger charge is 2.22. The summed E-state index contributed by atoms with van der Waals surface area (Å²) in [5.41, 5.74) is 3.70. The molecule has 0 radical (unpaired) electrons. The van der Waals surface area contributed by atoms with Gasteiger partial charge in [-0.3, -0.25) is 0 Å². The largest absolute Gasteiger partial charge is 0.362 e. The Morgan fingerprint density at radius 2 is 1.73 bits per heavy atom. The number of hydrogen-bond donors (Lipinski definition) is 2. The fourth-order valence-corrected chi connectivity index (χ4v) is 4.68. The number of fused-ring (bicyclic) bond motifs is 1. The van der Waals surface area contributed by atoms with Crippen molar-refractivity contribution < 1.29 is 0 Å². The zero-order chi connectivity index (χ0) is 21.1. The summed E-state index contributed by atoms with van der Waals surface area (Å²) < 4.78 is 1.34. The molecule has 0 amide bonds. The Bertz CT molecular complexity index is 1010. The van der Waals surface area contributed by atoms with E-state index in [1.54, 1.807) is 0 Å². The van der Waals surface area contributed by atoms with Gasteiger partial charge in [0.15, 0.2) is 0 Å². The predicted octanol–water partition coefficient (Wildman–Crippen LogP) is 5.12. The van der Waals surface area contributed by atoms with Crippen LogP contribution in [0.15, 0.2) is 42.5 Å². The number of hydrogen-bond acceptors (Lipinski definition) is 5. The molecule has 0 bridgehead atoms. The van der Waals surface area contributed by atoms with Crippen LogP contribution in [0.1, 0.15) is 36.8 Å². The fourth-order valence-electron chi connectivity index (χ4n) is 4.10. The summed E-state index contributed by atoms with van der Waals surface area (Å²) in [6.07, 6.45) is 4.62. The summed E-state index contributed by atoms with van der Waals surface area (Å²) >= 11 is 2.42. The van der Waals surface area contributed by atoms with Gasteiger partial charge in [-0.15, -0.1) is 0 Å². The van der Waals surface area contributed by atoms with Crippen LogP contribution in [0.2, 0.25) is 0 Å². The van der Waals surface area contributed by atoms with Crippen LogP contribution in [0.3, 0.4) is 0 Å². The van der Waals surface area contributed by atoms with Crippen LogP contribution in [0.25, 0.3) is 10.9 Å². The monoisotopic (exact) mass is 515 g/mol. The molecule has 5 nitrogen and oxygen atoms in total. The molecule has 1 aliphatic carbocycles. The van der Waals surface area contributed by atoms with Gasteiger partial charge in [-0.05, 0) is 84.5 Å². The molecule has 6 heteroatoms. The molecule has 1 heterocycles. The van der Waals surface area contributed by atoms with Crippen molar-refractivity contribution in [3.8, 4) is 0 Å². The van der Waals surface area contributed by atoms with Gasteiger partial charge in [0.1, 0.15) is 5.82 Å².